The van der Waals surface area contributed by atoms with Crippen LogP contribution in [0.2, 0.25) is 0 Å². The van der Waals surface area contributed by atoms with Crippen LogP contribution in [0.3, 0.4) is 0 Å². The van der Waals surface area contributed by atoms with Gasteiger partial charge < -0.3 is 15.2 Å². The second-order valence-electron chi connectivity index (χ2n) is 5.55. The fraction of sp³-hybridized carbons (Fsp3) is 0.600. The Hall–Kier alpha value is -0.720. The predicted octanol–water partition coefficient (Wildman–Crippen LogP) is 3.95. The van der Waals surface area contributed by atoms with Crippen LogP contribution in [0, 0.1) is 17.6 Å². The number of rotatable bonds is 8. The summed E-state index contributed by atoms with van der Waals surface area (Å²) in [7, 11) is 0. The number of nitrogens with one attached hydrogen (secondary N) is 1. The predicted molar refractivity (Wildman–Crippen MR) is 83.4 cm³/mol. The van der Waals surface area contributed by atoms with Crippen LogP contribution in [0.1, 0.15) is 27.2 Å². The van der Waals surface area contributed by atoms with Crippen molar-refractivity contribution in [3.05, 3.63) is 28.2 Å². The van der Waals surface area contributed by atoms with Gasteiger partial charge in [-0.3, -0.25) is 0 Å². The van der Waals surface area contributed by atoms with Gasteiger partial charge in [-0.2, -0.15) is 0 Å². The van der Waals surface area contributed by atoms with Crippen molar-refractivity contribution in [1.82, 2.24) is 0 Å². The standard InChI is InChI=1S/C15H22BrF2NO2/c1-9(2)4-10(3)21-8-11(20)7-19-15-5-12(16)13(17)6-14(15)18/h5-6,9-11,19-20H,4,7-8H2,1-3H3. The van der Waals surface area contributed by atoms with E-state index in [1.54, 1.807) is 0 Å². The lowest BCUT2D eigenvalue weighted by Crippen LogP contribution is -2.27. The quantitative estimate of drug-likeness (QED) is 0.685. The summed E-state index contributed by atoms with van der Waals surface area (Å²) >= 11 is 2.99. The molecule has 0 amide bonds. The van der Waals surface area contributed by atoms with E-state index in [0.717, 1.165) is 12.5 Å². The molecule has 0 bridgehead atoms. The summed E-state index contributed by atoms with van der Waals surface area (Å²) in [6, 6.07) is 2.10. The monoisotopic (exact) mass is 365 g/mol. The smallest absolute Gasteiger partial charge is 0.149 e. The summed E-state index contributed by atoms with van der Waals surface area (Å²) in [6.45, 7) is 6.46. The maximum absolute atomic E-state index is 13.5. The van der Waals surface area contributed by atoms with E-state index in [1.165, 1.54) is 6.07 Å². The summed E-state index contributed by atoms with van der Waals surface area (Å²) < 4.78 is 32.3. The number of halogens is 3. The number of hydrogen-bond donors (Lipinski definition) is 2. The maximum atomic E-state index is 13.5. The molecule has 0 aliphatic carbocycles. The normalized spacial score (nSPS) is 14.3. The average Bonchev–Trinajstić information content (AvgIpc) is 2.38. The average molecular weight is 366 g/mol. The van der Waals surface area contributed by atoms with E-state index >= 15 is 0 Å². The lowest BCUT2D eigenvalue weighted by Gasteiger charge is -2.18. The molecular weight excluding hydrogens is 344 g/mol. The van der Waals surface area contributed by atoms with Crippen LogP contribution in [-0.2, 0) is 4.74 Å². The summed E-state index contributed by atoms with van der Waals surface area (Å²) in [6.07, 6.45) is 0.221. The Labute approximate surface area is 132 Å². The van der Waals surface area contributed by atoms with E-state index < -0.39 is 17.7 Å². The fourth-order valence-corrected chi connectivity index (χ4v) is 2.30. The Bertz CT molecular complexity index is 458. The maximum Gasteiger partial charge on any atom is 0.149 e. The van der Waals surface area contributed by atoms with Gasteiger partial charge in [-0.15, -0.1) is 0 Å². The van der Waals surface area contributed by atoms with Crippen molar-refractivity contribution >= 4 is 21.6 Å². The van der Waals surface area contributed by atoms with Crippen LogP contribution >= 0.6 is 15.9 Å². The van der Waals surface area contributed by atoms with Gasteiger partial charge in [0.1, 0.15) is 11.6 Å². The van der Waals surface area contributed by atoms with Gasteiger partial charge in [-0.25, -0.2) is 8.78 Å². The van der Waals surface area contributed by atoms with Crippen LogP contribution in [0.25, 0.3) is 0 Å². The molecule has 1 rings (SSSR count). The van der Waals surface area contributed by atoms with Crippen molar-refractivity contribution < 1.29 is 18.6 Å². The van der Waals surface area contributed by atoms with Crippen molar-refractivity contribution in [2.75, 3.05) is 18.5 Å². The van der Waals surface area contributed by atoms with E-state index in [4.69, 9.17) is 4.74 Å². The zero-order valence-corrected chi connectivity index (χ0v) is 14.1. The minimum Gasteiger partial charge on any atom is -0.389 e. The molecule has 2 atom stereocenters. The SMILES string of the molecule is CC(C)CC(C)OCC(O)CNc1cc(Br)c(F)cc1F. The molecule has 0 heterocycles. The molecule has 0 saturated carbocycles. The zero-order valence-electron chi connectivity index (χ0n) is 12.5. The topological polar surface area (TPSA) is 41.5 Å². The Morgan fingerprint density at radius 3 is 2.52 bits per heavy atom. The molecule has 3 nitrogen and oxygen atoms in total. The van der Waals surface area contributed by atoms with Crippen LogP contribution in [-0.4, -0.2) is 30.5 Å². The highest BCUT2D eigenvalue weighted by molar-refractivity contribution is 9.10. The highest BCUT2D eigenvalue weighted by Crippen LogP contribution is 2.23. The van der Waals surface area contributed by atoms with Gasteiger partial charge in [0, 0.05) is 12.6 Å². The first-order valence-electron chi connectivity index (χ1n) is 6.97. The Balaban J connectivity index is 2.39. The highest BCUT2D eigenvalue weighted by atomic mass is 79.9. The van der Waals surface area contributed by atoms with Crippen LogP contribution in [0.5, 0.6) is 0 Å². The van der Waals surface area contributed by atoms with Crippen molar-refractivity contribution in [3.63, 3.8) is 0 Å². The van der Waals surface area contributed by atoms with Crippen LogP contribution < -0.4 is 5.32 Å². The Morgan fingerprint density at radius 2 is 1.90 bits per heavy atom. The zero-order chi connectivity index (χ0) is 16.0. The first kappa shape index (κ1) is 18.3. The third-order valence-corrected chi connectivity index (χ3v) is 3.52. The lowest BCUT2D eigenvalue weighted by atomic mass is 10.1. The van der Waals surface area contributed by atoms with E-state index in [-0.39, 0.29) is 29.4 Å². The molecule has 2 N–H and O–H groups in total. The molecule has 0 spiro atoms. The number of ether oxygens (including phenoxy) is 1. The Morgan fingerprint density at radius 1 is 1.24 bits per heavy atom. The van der Waals surface area contributed by atoms with Crippen molar-refractivity contribution in [2.24, 2.45) is 5.92 Å². The van der Waals surface area contributed by atoms with Crippen molar-refractivity contribution in [3.8, 4) is 0 Å². The second-order valence-corrected chi connectivity index (χ2v) is 6.41. The number of aliphatic hydroxyl groups excluding tert-OH is 1. The molecule has 0 radical (unpaired) electrons. The number of aliphatic hydroxyl groups is 1. The Kier molecular flexibility index (Phi) is 7.56. The van der Waals surface area contributed by atoms with Gasteiger partial charge in [0.2, 0.25) is 0 Å². The van der Waals surface area contributed by atoms with Crippen molar-refractivity contribution in [1.29, 1.82) is 0 Å². The largest absolute Gasteiger partial charge is 0.389 e. The summed E-state index contributed by atoms with van der Waals surface area (Å²) in [5.74, 6) is -0.831. The molecule has 21 heavy (non-hydrogen) atoms. The van der Waals surface area contributed by atoms with E-state index in [2.05, 4.69) is 35.1 Å². The molecule has 1 aromatic rings. The van der Waals surface area contributed by atoms with Gasteiger partial charge in [-0.1, -0.05) is 13.8 Å². The minimum atomic E-state index is -0.761. The molecule has 0 saturated heterocycles. The van der Waals surface area contributed by atoms with E-state index in [0.29, 0.717) is 5.92 Å². The molecule has 120 valence electrons. The van der Waals surface area contributed by atoms with E-state index in [1.807, 2.05) is 6.92 Å². The van der Waals surface area contributed by atoms with Gasteiger partial charge >= 0.3 is 0 Å². The molecule has 2 unspecified atom stereocenters. The van der Waals surface area contributed by atoms with Crippen LogP contribution in [0.4, 0.5) is 14.5 Å². The number of anilines is 1. The third kappa shape index (κ3) is 6.72. The highest BCUT2D eigenvalue weighted by Gasteiger charge is 2.12. The third-order valence-electron chi connectivity index (χ3n) is 2.91. The molecular formula is C15H22BrF2NO2. The molecule has 0 aromatic heterocycles. The van der Waals surface area contributed by atoms with E-state index in [9.17, 15) is 13.9 Å². The number of hydrogen-bond acceptors (Lipinski definition) is 3. The van der Waals surface area contributed by atoms with Gasteiger partial charge in [-0.05, 0) is 41.3 Å². The molecule has 0 aliphatic rings. The second kappa shape index (κ2) is 8.66. The molecule has 0 fully saturated rings. The van der Waals surface area contributed by atoms with Gasteiger partial charge in [0.25, 0.3) is 0 Å². The number of benzene rings is 1. The fourth-order valence-electron chi connectivity index (χ4n) is 1.95. The summed E-state index contributed by atoms with van der Waals surface area (Å²) in [5, 5.41) is 12.6. The molecule has 0 aliphatic heterocycles. The van der Waals surface area contributed by atoms with Gasteiger partial charge in [0.15, 0.2) is 0 Å². The summed E-state index contributed by atoms with van der Waals surface area (Å²) in [5.41, 5.74) is 0.137. The minimum absolute atomic E-state index is 0.0661. The molecule has 1 aromatic carbocycles. The van der Waals surface area contributed by atoms with Crippen LogP contribution in [0.15, 0.2) is 16.6 Å². The summed E-state index contributed by atoms with van der Waals surface area (Å²) in [4.78, 5) is 0. The molecule has 6 heteroatoms. The van der Waals surface area contributed by atoms with Gasteiger partial charge in [0.05, 0.1) is 29.0 Å². The first-order chi connectivity index (χ1) is 9.79. The van der Waals surface area contributed by atoms with Crippen molar-refractivity contribution in [2.45, 2.75) is 39.4 Å². The first-order valence-corrected chi connectivity index (χ1v) is 7.77. The lowest BCUT2D eigenvalue weighted by molar-refractivity contribution is -0.00445.